The lowest BCUT2D eigenvalue weighted by Crippen LogP contribution is -2.31. The van der Waals surface area contributed by atoms with E-state index in [1.807, 2.05) is 27.0 Å². The fourth-order valence-electron chi connectivity index (χ4n) is 1.38. The van der Waals surface area contributed by atoms with Gasteiger partial charge in [0.25, 0.3) is 0 Å². The minimum absolute atomic E-state index is 0.00667. The summed E-state index contributed by atoms with van der Waals surface area (Å²) in [6.45, 7) is 10.3. The molecule has 0 bridgehead atoms. The molecule has 0 aliphatic rings. The summed E-state index contributed by atoms with van der Waals surface area (Å²) in [5.74, 6) is 0.422. The predicted octanol–water partition coefficient (Wildman–Crippen LogP) is 2.44. The second-order valence-corrected chi connectivity index (χ2v) is 4.86. The van der Waals surface area contributed by atoms with Gasteiger partial charge in [0, 0.05) is 17.4 Å². The Kier molecular flexibility index (Phi) is 2.88. The molecule has 1 unspecified atom stereocenters. The van der Waals surface area contributed by atoms with E-state index in [1.165, 1.54) is 0 Å². The maximum absolute atomic E-state index is 11.6. The molecule has 3 nitrogen and oxygen atoms in total. The van der Waals surface area contributed by atoms with Gasteiger partial charge in [-0.1, -0.05) is 13.8 Å². The molecular weight excluding hydrogens is 176 g/mol. The Morgan fingerprint density at radius 1 is 1.50 bits per heavy atom. The lowest BCUT2D eigenvalue weighted by molar-refractivity contribution is 0.385. The first-order valence-corrected chi connectivity index (χ1v) is 5.18. The van der Waals surface area contributed by atoms with E-state index >= 15 is 0 Å². The number of aromatic amines is 1. The summed E-state index contributed by atoms with van der Waals surface area (Å²) in [5.41, 5.74) is 0.888. The van der Waals surface area contributed by atoms with Crippen molar-refractivity contribution in [2.45, 2.75) is 52.5 Å². The highest BCUT2D eigenvalue weighted by atomic mass is 16.1. The van der Waals surface area contributed by atoms with Crippen molar-refractivity contribution in [2.75, 3.05) is 0 Å². The molecule has 0 amide bonds. The van der Waals surface area contributed by atoms with E-state index in [0.29, 0.717) is 5.92 Å². The molecule has 1 heterocycles. The molecule has 0 fully saturated rings. The van der Waals surface area contributed by atoms with Gasteiger partial charge in [-0.25, -0.2) is 4.79 Å². The van der Waals surface area contributed by atoms with Gasteiger partial charge >= 0.3 is 5.69 Å². The minimum atomic E-state index is -0.140. The van der Waals surface area contributed by atoms with Crippen LogP contribution in [-0.2, 0) is 5.54 Å². The summed E-state index contributed by atoms with van der Waals surface area (Å²) >= 11 is 0. The molecule has 0 radical (unpaired) electrons. The van der Waals surface area contributed by atoms with Crippen LogP contribution in [0.3, 0.4) is 0 Å². The van der Waals surface area contributed by atoms with Crippen molar-refractivity contribution >= 4 is 0 Å². The zero-order chi connectivity index (χ0) is 10.9. The second kappa shape index (κ2) is 3.64. The fraction of sp³-hybridized carbons (Fsp3) is 0.727. The molecule has 1 N–H and O–H groups in total. The van der Waals surface area contributed by atoms with Crippen LogP contribution in [0.5, 0.6) is 0 Å². The van der Waals surface area contributed by atoms with Crippen LogP contribution in [0.15, 0.2) is 11.0 Å². The highest BCUT2D eigenvalue weighted by molar-refractivity contribution is 5.05. The van der Waals surface area contributed by atoms with E-state index < -0.39 is 0 Å². The van der Waals surface area contributed by atoms with Crippen LogP contribution >= 0.6 is 0 Å². The summed E-state index contributed by atoms with van der Waals surface area (Å²) in [6.07, 6.45) is 2.99. The van der Waals surface area contributed by atoms with Crippen molar-refractivity contribution in [3.8, 4) is 0 Å². The Balaban J connectivity index is 3.12. The molecular formula is C11H20N2O. The molecule has 0 saturated heterocycles. The van der Waals surface area contributed by atoms with Crippen LogP contribution in [0.2, 0.25) is 0 Å². The van der Waals surface area contributed by atoms with Crippen LogP contribution in [0.25, 0.3) is 0 Å². The van der Waals surface area contributed by atoms with Crippen LogP contribution in [0, 0.1) is 0 Å². The standard InChI is InChI=1S/C11H20N2O/c1-6-8(2)9-7-13(10(14)12-9)11(3,4)5/h7-8H,6H2,1-5H3,(H,12,14). The van der Waals surface area contributed by atoms with Gasteiger partial charge < -0.3 is 4.98 Å². The number of nitrogens with one attached hydrogen (secondary N) is 1. The van der Waals surface area contributed by atoms with Crippen molar-refractivity contribution in [3.63, 3.8) is 0 Å². The number of imidazole rings is 1. The third-order valence-electron chi connectivity index (χ3n) is 2.60. The molecule has 80 valence electrons. The van der Waals surface area contributed by atoms with Crippen LogP contribution in [0.1, 0.15) is 52.7 Å². The molecule has 3 heteroatoms. The average molecular weight is 196 g/mol. The van der Waals surface area contributed by atoms with Gasteiger partial charge in [-0.05, 0) is 33.1 Å². The first-order chi connectivity index (χ1) is 6.36. The molecule has 0 aliphatic carbocycles. The summed E-state index contributed by atoms with van der Waals surface area (Å²) in [4.78, 5) is 14.5. The zero-order valence-corrected chi connectivity index (χ0v) is 9.72. The summed E-state index contributed by atoms with van der Waals surface area (Å²) in [7, 11) is 0. The van der Waals surface area contributed by atoms with Gasteiger partial charge in [0.05, 0.1) is 0 Å². The molecule has 1 aromatic rings. The largest absolute Gasteiger partial charge is 0.326 e. The molecule has 0 aromatic carbocycles. The summed E-state index contributed by atoms with van der Waals surface area (Å²) < 4.78 is 1.76. The second-order valence-electron chi connectivity index (χ2n) is 4.86. The smallest absolute Gasteiger partial charge is 0.310 e. The third-order valence-corrected chi connectivity index (χ3v) is 2.60. The number of hydrogen-bond acceptors (Lipinski definition) is 1. The SMILES string of the molecule is CCC(C)c1cn(C(C)(C)C)c(=O)[nH]1. The molecule has 14 heavy (non-hydrogen) atoms. The molecule has 1 rings (SSSR count). The number of hydrogen-bond donors (Lipinski definition) is 1. The first kappa shape index (κ1) is 11.1. The van der Waals surface area contributed by atoms with E-state index in [-0.39, 0.29) is 11.2 Å². The van der Waals surface area contributed by atoms with E-state index in [0.717, 1.165) is 12.1 Å². The third kappa shape index (κ3) is 2.08. The zero-order valence-electron chi connectivity index (χ0n) is 9.72. The topological polar surface area (TPSA) is 37.8 Å². The first-order valence-electron chi connectivity index (χ1n) is 5.18. The maximum atomic E-state index is 11.6. The fourth-order valence-corrected chi connectivity index (χ4v) is 1.38. The van der Waals surface area contributed by atoms with Gasteiger partial charge in [0.1, 0.15) is 0 Å². The Labute approximate surface area is 85.2 Å². The van der Waals surface area contributed by atoms with Crippen molar-refractivity contribution in [1.82, 2.24) is 9.55 Å². The van der Waals surface area contributed by atoms with E-state index in [1.54, 1.807) is 4.57 Å². The van der Waals surface area contributed by atoms with E-state index in [9.17, 15) is 4.79 Å². The Morgan fingerprint density at radius 2 is 2.07 bits per heavy atom. The molecule has 0 spiro atoms. The predicted molar refractivity (Wildman–Crippen MR) is 58.8 cm³/mol. The lowest BCUT2D eigenvalue weighted by Gasteiger charge is -2.19. The van der Waals surface area contributed by atoms with E-state index in [2.05, 4.69) is 18.8 Å². The molecule has 0 aliphatic heterocycles. The summed E-state index contributed by atoms with van der Waals surface area (Å²) in [5, 5.41) is 0. The highest BCUT2D eigenvalue weighted by Gasteiger charge is 2.17. The molecule has 1 atom stereocenters. The van der Waals surface area contributed by atoms with Gasteiger partial charge in [-0.15, -0.1) is 0 Å². The van der Waals surface area contributed by atoms with Gasteiger partial charge in [-0.3, -0.25) is 4.57 Å². The van der Waals surface area contributed by atoms with Crippen molar-refractivity contribution in [1.29, 1.82) is 0 Å². The lowest BCUT2D eigenvalue weighted by atomic mass is 10.1. The van der Waals surface area contributed by atoms with Crippen LogP contribution in [-0.4, -0.2) is 9.55 Å². The highest BCUT2D eigenvalue weighted by Crippen LogP contribution is 2.18. The molecule has 1 aromatic heterocycles. The van der Waals surface area contributed by atoms with Crippen molar-refractivity contribution in [2.24, 2.45) is 0 Å². The Bertz CT molecular complexity index is 354. The normalized spacial score (nSPS) is 14.4. The number of H-pyrrole nitrogens is 1. The van der Waals surface area contributed by atoms with Gasteiger partial charge in [-0.2, -0.15) is 0 Å². The number of rotatable bonds is 2. The van der Waals surface area contributed by atoms with Crippen LogP contribution in [0.4, 0.5) is 0 Å². The Hall–Kier alpha value is -0.990. The van der Waals surface area contributed by atoms with E-state index in [4.69, 9.17) is 0 Å². The van der Waals surface area contributed by atoms with Crippen molar-refractivity contribution < 1.29 is 0 Å². The quantitative estimate of drug-likeness (QED) is 0.775. The Morgan fingerprint density at radius 3 is 2.43 bits per heavy atom. The van der Waals surface area contributed by atoms with Gasteiger partial charge in [0.2, 0.25) is 0 Å². The van der Waals surface area contributed by atoms with Gasteiger partial charge in [0.15, 0.2) is 0 Å². The minimum Gasteiger partial charge on any atom is -0.310 e. The maximum Gasteiger partial charge on any atom is 0.326 e. The average Bonchev–Trinajstić information content (AvgIpc) is 2.45. The molecule has 0 saturated carbocycles. The van der Waals surface area contributed by atoms with Crippen LogP contribution < -0.4 is 5.69 Å². The van der Waals surface area contributed by atoms with Crippen molar-refractivity contribution in [3.05, 3.63) is 22.4 Å². The number of aromatic nitrogens is 2. The summed E-state index contributed by atoms with van der Waals surface area (Å²) in [6, 6.07) is 0. The monoisotopic (exact) mass is 196 g/mol. The number of nitrogens with zero attached hydrogens (tertiary/aromatic N) is 1.